The van der Waals surface area contributed by atoms with Crippen LogP contribution in [0.3, 0.4) is 0 Å². The highest BCUT2D eigenvalue weighted by Gasteiger charge is 2.32. The van der Waals surface area contributed by atoms with Gasteiger partial charge in [-0.3, -0.25) is 0 Å². The Morgan fingerprint density at radius 1 is 1.05 bits per heavy atom. The molecular formula is C16H19F4N. The minimum Gasteiger partial charge on any atom is -0.320 e. The van der Waals surface area contributed by atoms with Crippen molar-refractivity contribution in [3.8, 4) is 0 Å². The van der Waals surface area contributed by atoms with Gasteiger partial charge in [0, 0.05) is 5.56 Å². The first-order valence-corrected chi connectivity index (χ1v) is 7.21. The summed E-state index contributed by atoms with van der Waals surface area (Å²) in [6.07, 6.45) is 3.26. The normalized spacial score (nSPS) is 21.1. The van der Waals surface area contributed by atoms with E-state index < -0.39 is 23.6 Å². The van der Waals surface area contributed by atoms with Crippen LogP contribution in [-0.4, -0.2) is 0 Å². The Morgan fingerprint density at radius 3 is 2.48 bits per heavy atom. The van der Waals surface area contributed by atoms with Crippen LogP contribution in [0.5, 0.6) is 0 Å². The van der Waals surface area contributed by atoms with Crippen LogP contribution >= 0.6 is 0 Å². The van der Waals surface area contributed by atoms with Crippen molar-refractivity contribution in [1.29, 1.82) is 0 Å². The molecule has 0 amide bonds. The lowest BCUT2D eigenvalue weighted by atomic mass is 9.90. The van der Waals surface area contributed by atoms with Gasteiger partial charge in [0.05, 0.1) is 11.6 Å². The zero-order valence-electron chi connectivity index (χ0n) is 11.7. The van der Waals surface area contributed by atoms with Gasteiger partial charge in [-0.2, -0.15) is 13.2 Å². The molecule has 0 heterocycles. The minimum atomic E-state index is -4.49. The molecule has 1 aliphatic carbocycles. The van der Waals surface area contributed by atoms with Gasteiger partial charge in [-0.05, 0) is 43.9 Å². The average Bonchev–Trinajstić information content (AvgIpc) is 2.36. The third-order valence-corrected chi connectivity index (χ3v) is 3.88. The van der Waals surface area contributed by atoms with Crippen LogP contribution in [0.4, 0.5) is 17.6 Å². The molecule has 2 rings (SSSR count). The molecule has 1 aliphatic rings. The Labute approximate surface area is 121 Å². The van der Waals surface area contributed by atoms with Gasteiger partial charge in [0.1, 0.15) is 5.82 Å². The molecule has 0 bridgehead atoms. The molecule has 21 heavy (non-hydrogen) atoms. The lowest BCUT2D eigenvalue weighted by Gasteiger charge is -2.20. The molecule has 1 atom stereocenters. The maximum Gasteiger partial charge on any atom is 0.416 e. The Bertz CT molecular complexity index is 519. The third-order valence-electron chi connectivity index (χ3n) is 3.88. The summed E-state index contributed by atoms with van der Waals surface area (Å²) in [5.41, 5.74) is 5.94. The quantitative estimate of drug-likeness (QED) is 0.595. The first-order valence-electron chi connectivity index (χ1n) is 7.21. The highest BCUT2D eigenvalue weighted by Crippen LogP contribution is 2.34. The molecule has 1 aromatic rings. The predicted octanol–water partition coefficient (Wildman–Crippen LogP) is 5.12. The van der Waals surface area contributed by atoms with Crippen LogP contribution in [-0.2, 0) is 6.18 Å². The van der Waals surface area contributed by atoms with Gasteiger partial charge >= 0.3 is 6.18 Å². The van der Waals surface area contributed by atoms with E-state index in [1.807, 2.05) is 6.08 Å². The largest absolute Gasteiger partial charge is 0.416 e. The van der Waals surface area contributed by atoms with E-state index in [4.69, 9.17) is 5.73 Å². The smallest absolute Gasteiger partial charge is 0.320 e. The van der Waals surface area contributed by atoms with Crippen LogP contribution < -0.4 is 5.73 Å². The summed E-state index contributed by atoms with van der Waals surface area (Å²) in [6, 6.07) is 1.63. The molecule has 2 N–H and O–H groups in total. The van der Waals surface area contributed by atoms with Gasteiger partial charge in [-0.15, -0.1) is 0 Å². The fraction of sp³-hybridized carbons (Fsp3) is 0.500. The van der Waals surface area contributed by atoms with Crippen LogP contribution in [0.15, 0.2) is 29.8 Å². The number of benzene rings is 1. The van der Waals surface area contributed by atoms with Crippen molar-refractivity contribution < 1.29 is 17.6 Å². The molecule has 1 nitrogen and oxygen atoms in total. The maximum absolute atomic E-state index is 13.9. The molecule has 5 heteroatoms. The van der Waals surface area contributed by atoms with Crippen molar-refractivity contribution in [3.63, 3.8) is 0 Å². The number of hydrogen-bond donors (Lipinski definition) is 1. The van der Waals surface area contributed by atoms with E-state index in [-0.39, 0.29) is 5.56 Å². The Kier molecular flexibility index (Phi) is 5.04. The van der Waals surface area contributed by atoms with Crippen molar-refractivity contribution in [2.75, 3.05) is 0 Å². The van der Waals surface area contributed by atoms with Crippen molar-refractivity contribution in [3.05, 3.63) is 46.8 Å². The monoisotopic (exact) mass is 301 g/mol. The highest BCUT2D eigenvalue weighted by atomic mass is 19.4. The average molecular weight is 301 g/mol. The van der Waals surface area contributed by atoms with Crippen LogP contribution in [0.25, 0.3) is 0 Å². The molecule has 0 radical (unpaired) electrons. The van der Waals surface area contributed by atoms with E-state index in [9.17, 15) is 17.6 Å². The zero-order valence-corrected chi connectivity index (χ0v) is 11.7. The second kappa shape index (κ2) is 6.60. The summed E-state index contributed by atoms with van der Waals surface area (Å²) in [7, 11) is 0. The van der Waals surface area contributed by atoms with Gasteiger partial charge in [0.15, 0.2) is 0 Å². The summed E-state index contributed by atoms with van der Waals surface area (Å²) >= 11 is 0. The van der Waals surface area contributed by atoms with Crippen molar-refractivity contribution >= 4 is 0 Å². The van der Waals surface area contributed by atoms with E-state index in [1.54, 1.807) is 0 Å². The Morgan fingerprint density at radius 2 is 1.76 bits per heavy atom. The zero-order chi connectivity index (χ0) is 15.5. The molecule has 0 aliphatic heterocycles. The van der Waals surface area contributed by atoms with Gasteiger partial charge in [-0.1, -0.05) is 24.5 Å². The number of rotatable bonds is 2. The number of allylic oxidation sites excluding steroid dienone is 1. The van der Waals surface area contributed by atoms with Crippen LogP contribution in [0.2, 0.25) is 0 Å². The molecule has 1 aromatic carbocycles. The SMILES string of the molecule is NC(/C1=C/CCCCCC1)c1cc(C(F)(F)F)ccc1F. The van der Waals surface area contributed by atoms with Crippen molar-refractivity contribution in [1.82, 2.24) is 0 Å². The van der Waals surface area contributed by atoms with Crippen molar-refractivity contribution in [2.24, 2.45) is 5.73 Å². The van der Waals surface area contributed by atoms with E-state index in [2.05, 4.69) is 0 Å². The van der Waals surface area contributed by atoms with Crippen LogP contribution in [0.1, 0.15) is 55.7 Å². The topological polar surface area (TPSA) is 26.0 Å². The van der Waals surface area contributed by atoms with E-state index in [0.717, 1.165) is 62.3 Å². The number of alkyl halides is 3. The second-order valence-corrected chi connectivity index (χ2v) is 5.44. The number of nitrogens with two attached hydrogens (primary N) is 1. The summed E-state index contributed by atoms with van der Waals surface area (Å²) in [6.45, 7) is 0. The summed E-state index contributed by atoms with van der Waals surface area (Å²) in [4.78, 5) is 0. The molecular weight excluding hydrogens is 282 g/mol. The molecule has 1 unspecified atom stereocenters. The first-order chi connectivity index (χ1) is 9.89. The highest BCUT2D eigenvalue weighted by molar-refractivity contribution is 5.34. The Hall–Kier alpha value is -1.36. The summed E-state index contributed by atoms with van der Waals surface area (Å²) in [5, 5.41) is 0. The fourth-order valence-corrected chi connectivity index (χ4v) is 2.66. The number of hydrogen-bond acceptors (Lipinski definition) is 1. The minimum absolute atomic E-state index is 0.0725. The summed E-state index contributed by atoms with van der Waals surface area (Å²) < 4.78 is 52.1. The van der Waals surface area contributed by atoms with Gasteiger partial charge in [0.2, 0.25) is 0 Å². The van der Waals surface area contributed by atoms with E-state index in [0.29, 0.717) is 0 Å². The molecule has 0 spiro atoms. The molecule has 0 fully saturated rings. The Balaban J connectivity index is 2.31. The lowest BCUT2D eigenvalue weighted by molar-refractivity contribution is -0.137. The predicted molar refractivity (Wildman–Crippen MR) is 74.1 cm³/mol. The van der Waals surface area contributed by atoms with Gasteiger partial charge < -0.3 is 5.73 Å². The molecule has 0 aromatic heterocycles. The van der Waals surface area contributed by atoms with Crippen LogP contribution in [0, 0.1) is 5.82 Å². The molecule has 0 saturated heterocycles. The standard InChI is InChI=1S/C16H19F4N/c17-14-9-8-12(16(18,19)20)10-13(14)15(21)11-6-4-2-1-3-5-7-11/h6,8-10,15H,1-5,7,21H2/b11-6+. The second-order valence-electron chi connectivity index (χ2n) is 5.44. The van der Waals surface area contributed by atoms with E-state index >= 15 is 0 Å². The molecule has 0 saturated carbocycles. The molecule has 116 valence electrons. The van der Waals surface area contributed by atoms with Gasteiger partial charge in [0.25, 0.3) is 0 Å². The first kappa shape index (κ1) is 16.0. The lowest BCUT2D eigenvalue weighted by Crippen LogP contribution is -2.17. The van der Waals surface area contributed by atoms with Gasteiger partial charge in [-0.25, -0.2) is 4.39 Å². The number of halogens is 4. The third kappa shape index (κ3) is 4.06. The summed E-state index contributed by atoms with van der Waals surface area (Å²) in [5.74, 6) is -0.682. The van der Waals surface area contributed by atoms with E-state index in [1.165, 1.54) is 0 Å². The maximum atomic E-state index is 13.9. The fourth-order valence-electron chi connectivity index (χ4n) is 2.66. The van der Waals surface area contributed by atoms with Crippen molar-refractivity contribution in [2.45, 2.75) is 50.7 Å².